The average molecular weight is 536 g/mol. The van der Waals surface area contributed by atoms with Gasteiger partial charge in [0.15, 0.2) is 11.5 Å². The number of carbonyl (C=O) groups is 2. The van der Waals surface area contributed by atoms with Crippen molar-refractivity contribution >= 4 is 11.7 Å². The lowest BCUT2D eigenvalue weighted by Gasteiger charge is -2.32. The number of ketones is 1. The maximum absolute atomic E-state index is 12.4. The predicted molar refractivity (Wildman–Crippen MR) is 151 cm³/mol. The van der Waals surface area contributed by atoms with Gasteiger partial charge in [0.25, 0.3) is 0 Å². The second-order valence-corrected chi connectivity index (χ2v) is 10.4. The highest BCUT2D eigenvalue weighted by Gasteiger charge is 2.25. The van der Waals surface area contributed by atoms with Gasteiger partial charge in [-0.3, -0.25) is 14.5 Å². The highest BCUT2D eigenvalue weighted by molar-refractivity contribution is 5.88. The number of rotatable bonds is 14. The van der Waals surface area contributed by atoms with Crippen molar-refractivity contribution < 1.29 is 23.8 Å². The summed E-state index contributed by atoms with van der Waals surface area (Å²) < 4.78 is 17.4. The monoisotopic (exact) mass is 535 g/mol. The summed E-state index contributed by atoms with van der Waals surface area (Å²) in [5, 5.41) is 0. The van der Waals surface area contributed by atoms with Crippen molar-refractivity contribution in [3.63, 3.8) is 0 Å². The SMILES string of the molecule is CCCCN(Cc1ccc(OCCN2CN(C)C=CC2=O)c(OC)c1)C(CC(C)=O)c1ccc2c(c1)CCO2. The summed E-state index contributed by atoms with van der Waals surface area (Å²) in [6.45, 7) is 7.54. The zero-order chi connectivity index (χ0) is 27.8. The predicted octanol–water partition coefficient (Wildman–Crippen LogP) is 4.58. The van der Waals surface area contributed by atoms with E-state index in [1.807, 2.05) is 30.1 Å². The Kier molecular flexibility index (Phi) is 9.87. The van der Waals surface area contributed by atoms with Crippen LogP contribution in [-0.2, 0) is 22.6 Å². The highest BCUT2D eigenvalue weighted by Crippen LogP contribution is 2.34. The summed E-state index contributed by atoms with van der Waals surface area (Å²) in [6, 6.07) is 12.4. The zero-order valence-corrected chi connectivity index (χ0v) is 23.7. The van der Waals surface area contributed by atoms with Crippen molar-refractivity contribution in [1.29, 1.82) is 0 Å². The van der Waals surface area contributed by atoms with Gasteiger partial charge < -0.3 is 24.0 Å². The van der Waals surface area contributed by atoms with Crippen LogP contribution in [0.1, 0.15) is 55.8 Å². The number of hydrogen-bond acceptors (Lipinski definition) is 7. The van der Waals surface area contributed by atoms with Crippen LogP contribution in [-0.4, -0.2) is 73.5 Å². The van der Waals surface area contributed by atoms with Crippen LogP contribution in [0.2, 0.25) is 0 Å². The van der Waals surface area contributed by atoms with Crippen molar-refractivity contribution in [2.24, 2.45) is 0 Å². The molecule has 2 aliphatic heterocycles. The van der Waals surface area contributed by atoms with E-state index in [0.29, 0.717) is 50.9 Å². The molecule has 0 N–H and O–H groups in total. The number of amides is 1. The van der Waals surface area contributed by atoms with Crippen LogP contribution < -0.4 is 14.2 Å². The van der Waals surface area contributed by atoms with Crippen molar-refractivity contribution in [3.8, 4) is 17.2 Å². The van der Waals surface area contributed by atoms with E-state index in [4.69, 9.17) is 14.2 Å². The van der Waals surface area contributed by atoms with E-state index in [1.165, 1.54) is 5.56 Å². The van der Waals surface area contributed by atoms with Crippen molar-refractivity contribution in [1.82, 2.24) is 14.7 Å². The van der Waals surface area contributed by atoms with Crippen molar-refractivity contribution in [3.05, 3.63) is 65.4 Å². The molecule has 0 radical (unpaired) electrons. The summed E-state index contributed by atoms with van der Waals surface area (Å²) in [7, 11) is 3.57. The fourth-order valence-electron chi connectivity index (χ4n) is 5.14. The van der Waals surface area contributed by atoms with E-state index in [-0.39, 0.29) is 17.7 Å². The molecule has 2 aromatic rings. The minimum Gasteiger partial charge on any atom is -0.493 e. The van der Waals surface area contributed by atoms with Crippen LogP contribution in [0.5, 0.6) is 17.2 Å². The van der Waals surface area contributed by atoms with Crippen LogP contribution >= 0.6 is 0 Å². The Morgan fingerprint density at radius 2 is 2.03 bits per heavy atom. The van der Waals surface area contributed by atoms with Crippen LogP contribution in [0.4, 0.5) is 0 Å². The topological polar surface area (TPSA) is 71.5 Å². The van der Waals surface area contributed by atoms with Gasteiger partial charge in [0.1, 0.15) is 18.1 Å². The molecule has 4 rings (SSSR count). The maximum atomic E-state index is 12.4. The Balaban J connectivity index is 1.49. The Morgan fingerprint density at radius 1 is 1.18 bits per heavy atom. The molecule has 0 aliphatic carbocycles. The molecule has 2 aliphatic rings. The largest absolute Gasteiger partial charge is 0.493 e. The lowest BCUT2D eigenvalue weighted by Crippen LogP contribution is -2.42. The number of fused-ring (bicyclic) bond motifs is 1. The fourth-order valence-corrected chi connectivity index (χ4v) is 5.14. The number of unbranched alkanes of at least 4 members (excludes halogenated alkanes) is 1. The van der Waals surface area contributed by atoms with Gasteiger partial charge in [-0.15, -0.1) is 0 Å². The van der Waals surface area contributed by atoms with E-state index in [0.717, 1.165) is 42.7 Å². The van der Waals surface area contributed by atoms with Crippen molar-refractivity contribution in [2.75, 3.05) is 47.1 Å². The summed E-state index contributed by atoms with van der Waals surface area (Å²) in [6.07, 6.45) is 6.83. The molecule has 1 amide bonds. The zero-order valence-electron chi connectivity index (χ0n) is 23.7. The second-order valence-electron chi connectivity index (χ2n) is 10.4. The number of hydrogen-bond donors (Lipinski definition) is 0. The molecule has 8 heteroatoms. The number of Topliss-reactive ketones (excluding diaryl/α,β-unsaturated/α-hetero) is 1. The summed E-state index contributed by atoms with van der Waals surface area (Å²) in [5.74, 6) is 2.42. The summed E-state index contributed by atoms with van der Waals surface area (Å²) in [5.41, 5.74) is 3.46. The normalized spacial score (nSPS) is 15.4. The van der Waals surface area contributed by atoms with Gasteiger partial charge in [-0.1, -0.05) is 31.5 Å². The fraction of sp³-hybridized carbons (Fsp3) is 0.484. The van der Waals surface area contributed by atoms with Gasteiger partial charge in [-0.2, -0.15) is 0 Å². The second kappa shape index (κ2) is 13.5. The molecule has 8 nitrogen and oxygen atoms in total. The molecule has 0 spiro atoms. The average Bonchev–Trinajstić information content (AvgIpc) is 3.40. The molecule has 1 unspecified atom stereocenters. The number of nitrogens with zero attached hydrogens (tertiary/aromatic N) is 3. The smallest absolute Gasteiger partial charge is 0.249 e. The molecule has 0 saturated heterocycles. The minimum atomic E-state index is -0.0175. The van der Waals surface area contributed by atoms with Gasteiger partial charge >= 0.3 is 0 Å². The van der Waals surface area contributed by atoms with Gasteiger partial charge in [0.05, 0.1) is 26.9 Å². The minimum absolute atomic E-state index is 0.0119. The Morgan fingerprint density at radius 3 is 2.79 bits per heavy atom. The first-order valence-electron chi connectivity index (χ1n) is 13.8. The quantitative estimate of drug-likeness (QED) is 0.351. The molecule has 0 fully saturated rings. The Labute approximate surface area is 232 Å². The van der Waals surface area contributed by atoms with Crippen LogP contribution in [0, 0.1) is 0 Å². The van der Waals surface area contributed by atoms with Gasteiger partial charge in [0, 0.05) is 44.8 Å². The van der Waals surface area contributed by atoms with E-state index in [9.17, 15) is 9.59 Å². The third-order valence-corrected chi connectivity index (χ3v) is 7.23. The molecular weight excluding hydrogens is 494 g/mol. The molecule has 39 heavy (non-hydrogen) atoms. The summed E-state index contributed by atoms with van der Waals surface area (Å²) >= 11 is 0. The lowest BCUT2D eigenvalue weighted by atomic mass is 9.96. The number of benzene rings is 2. The van der Waals surface area contributed by atoms with Crippen LogP contribution in [0.25, 0.3) is 0 Å². The van der Waals surface area contributed by atoms with Gasteiger partial charge in [-0.05, 0) is 54.8 Å². The van der Waals surface area contributed by atoms with E-state index >= 15 is 0 Å². The first-order chi connectivity index (χ1) is 18.9. The number of methoxy groups -OCH3 is 1. The molecule has 2 aromatic carbocycles. The number of ether oxygens (including phenoxy) is 3. The lowest BCUT2D eigenvalue weighted by molar-refractivity contribution is -0.129. The molecule has 0 saturated carbocycles. The molecule has 1 atom stereocenters. The molecule has 2 heterocycles. The van der Waals surface area contributed by atoms with Crippen molar-refractivity contribution in [2.45, 2.75) is 52.1 Å². The third-order valence-electron chi connectivity index (χ3n) is 7.23. The molecule has 0 bridgehead atoms. The first kappa shape index (κ1) is 28.5. The van der Waals surface area contributed by atoms with E-state index in [2.05, 4.69) is 30.0 Å². The Hall–Kier alpha value is -3.52. The van der Waals surface area contributed by atoms with Crippen LogP contribution in [0.15, 0.2) is 48.7 Å². The Bertz CT molecular complexity index is 1180. The molecule has 0 aromatic heterocycles. The van der Waals surface area contributed by atoms with Gasteiger partial charge in [0.2, 0.25) is 5.91 Å². The number of carbonyl (C=O) groups excluding carboxylic acids is 2. The molecule has 210 valence electrons. The standard InChI is InChI=1S/C31H41N3O5/c1-5-6-13-33(27(18-23(2)35)25-8-10-28-26(20-25)12-16-38-28)21-24-7-9-29(30(19-24)37-4)39-17-15-34-22-32(3)14-11-31(34)36/h7-11,14,19-20,27H,5-6,12-13,15-18,21-22H2,1-4H3. The van der Waals surface area contributed by atoms with E-state index in [1.54, 1.807) is 31.2 Å². The van der Waals surface area contributed by atoms with Crippen LogP contribution in [0.3, 0.4) is 0 Å². The van der Waals surface area contributed by atoms with E-state index < -0.39 is 0 Å². The highest BCUT2D eigenvalue weighted by atomic mass is 16.5. The maximum Gasteiger partial charge on any atom is 0.249 e. The van der Waals surface area contributed by atoms with Gasteiger partial charge in [-0.25, -0.2) is 0 Å². The summed E-state index contributed by atoms with van der Waals surface area (Å²) in [4.78, 5) is 30.6. The first-order valence-corrected chi connectivity index (χ1v) is 13.8. The molecular formula is C31H41N3O5. The third kappa shape index (κ3) is 7.53.